The Labute approximate surface area is 152 Å². The summed E-state index contributed by atoms with van der Waals surface area (Å²) < 4.78 is 5.41. The van der Waals surface area contributed by atoms with Gasteiger partial charge in [0, 0.05) is 31.7 Å². The summed E-state index contributed by atoms with van der Waals surface area (Å²) in [6.07, 6.45) is 0.246. The highest BCUT2D eigenvalue weighted by Crippen LogP contribution is 2.23. The zero-order chi connectivity index (χ0) is 18.4. The second-order valence-electron chi connectivity index (χ2n) is 6.31. The van der Waals surface area contributed by atoms with Crippen molar-refractivity contribution in [2.75, 3.05) is 25.0 Å². The molecule has 1 saturated heterocycles. The summed E-state index contributed by atoms with van der Waals surface area (Å²) in [6, 6.07) is 16.9. The van der Waals surface area contributed by atoms with Crippen molar-refractivity contribution in [3.05, 3.63) is 60.2 Å². The first-order valence-corrected chi connectivity index (χ1v) is 8.71. The van der Waals surface area contributed by atoms with Gasteiger partial charge in [-0.05, 0) is 29.8 Å². The van der Waals surface area contributed by atoms with Crippen LogP contribution in [0.3, 0.4) is 0 Å². The number of nitrogens with zero attached hydrogens (tertiary/aromatic N) is 1. The molecule has 1 aliphatic rings. The number of ether oxygens (including phenoxy) is 1. The first-order valence-electron chi connectivity index (χ1n) is 8.71. The van der Waals surface area contributed by atoms with Crippen molar-refractivity contribution in [2.24, 2.45) is 11.7 Å². The van der Waals surface area contributed by atoms with Gasteiger partial charge in [0.15, 0.2) is 0 Å². The van der Waals surface area contributed by atoms with E-state index in [4.69, 9.17) is 10.5 Å². The van der Waals surface area contributed by atoms with Gasteiger partial charge in [-0.1, -0.05) is 30.3 Å². The molecule has 1 unspecified atom stereocenters. The van der Waals surface area contributed by atoms with Crippen LogP contribution in [0.25, 0.3) is 0 Å². The number of carbonyl (C=O) groups excluding carboxylic acids is 2. The maximum absolute atomic E-state index is 12.5. The van der Waals surface area contributed by atoms with Gasteiger partial charge in [-0.15, -0.1) is 0 Å². The third-order valence-corrected chi connectivity index (χ3v) is 4.31. The van der Waals surface area contributed by atoms with Gasteiger partial charge in [-0.3, -0.25) is 9.59 Å². The van der Waals surface area contributed by atoms with Crippen LogP contribution in [-0.4, -0.2) is 36.4 Å². The predicted octanol–water partition coefficient (Wildman–Crippen LogP) is 2.01. The van der Waals surface area contributed by atoms with Crippen LogP contribution in [0.4, 0.5) is 5.69 Å². The van der Waals surface area contributed by atoms with Crippen LogP contribution in [0.15, 0.2) is 54.6 Å². The van der Waals surface area contributed by atoms with Gasteiger partial charge in [0.05, 0.1) is 5.92 Å². The Bertz CT molecular complexity index is 747. The molecule has 1 aliphatic heterocycles. The topological polar surface area (TPSA) is 84.7 Å². The van der Waals surface area contributed by atoms with E-state index in [9.17, 15) is 9.59 Å². The lowest BCUT2D eigenvalue weighted by Gasteiger charge is -2.16. The Morgan fingerprint density at radius 2 is 1.88 bits per heavy atom. The SMILES string of the molecule is NCCOc1ccc(NC(=O)C2CC(=O)N(Cc3ccccc3)C2)cc1. The van der Waals surface area contributed by atoms with Crippen LogP contribution >= 0.6 is 0 Å². The summed E-state index contributed by atoms with van der Waals surface area (Å²) >= 11 is 0. The first-order chi connectivity index (χ1) is 12.7. The van der Waals surface area contributed by atoms with Crippen LogP contribution in [0.2, 0.25) is 0 Å². The van der Waals surface area contributed by atoms with Crippen LogP contribution in [0.1, 0.15) is 12.0 Å². The van der Waals surface area contributed by atoms with Crippen molar-refractivity contribution in [1.82, 2.24) is 4.90 Å². The molecule has 136 valence electrons. The van der Waals surface area contributed by atoms with E-state index in [1.807, 2.05) is 30.3 Å². The van der Waals surface area contributed by atoms with Gasteiger partial charge < -0.3 is 20.7 Å². The van der Waals surface area contributed by atoms with E-state index >= 15 is 0 Å². The molecule has 3 rings (SSSR count). The number of anilines is 1. The predicted molar refractivity (Wildman–Crippen MR) is 99.6 cm³/mol. The summed E-state index contributed by atoms with van der Waals surface area (Å²) in [4.78, 5) is 26.4. The van der Waals surface area contributed by atoms with E-state index in [2.05, 4.69) is 5.32 Å². The largest absolute Gasteiger partial charge is 0.492 e. The number of likely N-dealkylation sites (tertiary alicyclic amines) is 1. The van der Waals surface area contributed by atoms with Crippen LogP contribution in [0.5, 0.6) is 5.75 Å². The van der Waals surface area contributed by atoms with Crippen LogP contribution in [-0.2, 0) is 16.1 Å². The minimum atomic E-state index is -0.334. The fourth-order valence-electron chi connectivity index (χ4n) is 2.96. The van der Waals surface area contributed by atoms with Gasteiger partial charge in [-0.25, -0.2) is 0 Å². The van der Waals surface area contributed by atoms with E-state index < -0.39 is 0 Å². The zero-order valence-electron chi connectivity index (χ0n) is 14.6. The number of benzene rings is 2. The van der Waals surface area contributed by atoms with Crippen molar-refractivity contribution in [3.63, 3.8) is 0 Å². The number of nitrogens with two attached hydrogens (primary N) is 1. The Morgan fingerprint density at radius 3 is 2.58 bits per heavy atom. The van der Waals surface area contributed by atoms with Crippen LogP contribution in [0, 0.1) is 5.92 Å². The molecular formula is C20H23N3O3. The number of amides is 2. The van der Waals surface area contributed by atoms with Crippen molar-refractivity contribution in [3.8, 4) is 5.75 Å². The van der Waals surface area contributed by atoms with Gasteiger partial charge in [0.2, 0.25) is 11.8 Å². The molecule has 26 heavy (non-hydrogen) atoms. The van der Waals surface area contributed by atoms with E-state index in [1.165, 1.54) is 0 Å². The summed E-state index contributed by atoms with van der Waals surface area (Å²) in [5.41, 5.74) is 7.15. The summed E-state index contributed by atoms with van der Waals surface area (Å²) in [5.74, 6) is 0.252. The highest BCUT2D eigenvalue weighted by atomic mass is 16.5. The summed E-state index contributed by atoms with van der Waals surface area (Å²) in [7, 11) is 0. The molecule has 6 heteroatoms. The molecule has 6 nitrogen and oxygen atoms in total. The second kappa shape index (κ2) is 8.49. The first kappa shape index (κ1) is 17.9. The fraction of sp³-hybridized carbons (Fsp3) is 0.300. The van der Waals surface area contributed by atoms with Crippen molar-refractivity contribution in [1.29, 1.82) is 0 Å². The average molecular weight is 353 g/mol. The number of carbonyl (C=O) groups is 2. The van der Waals surface area contributed by atoms with E-state index in [-0.39, 0.29) is 24.2 Å². The Kier molecular flexibility index (Phi) is 5.86. The van der Waals surface area contributed by atoms with Crippen molar-refractivity contribution < 1.29 is 14.3 Å². The molecule has 1 heterocycles. The van der Waals surface area contributed by atoms with Gasteiger partial charge >= 0.3 is 0 Å². The minimum absolute atomic E-state index is 0.0135. The number of hydrogen-bond donors (Lipinski definition) is 2. The van der Waals surface area contributed by atoms with E-state index in [0.717, 1.165) is 5.56 Å². The second-order valence-corrected chi connectivity index (χ2v) is 6.31. The molecule has 0 saturated carbocycles. The quantitative estimate of drug-likeness (QED) is 0.797. The molecule has 2 aromatic rings. The molecule has 1 fully saturated rings. The Morgan fingerprint density at radius 1 is 1.15 bits per heavy atom. The zero-order valence-corrected chi connectivity index (χ0v) is 14.6. The lowest BCUT2D eigenvalue weighted by atomic mass is 10.1. The highest BCUT2D eigenvalue weighted by Gasteiger charge is 2.34. The van der Waals surface area contributed by atoms with Gasteiger partial charge in [0.1, 0.15) is 12.4 Å². The third kappa shape index (κ3) is 4.61. The minimum Gasteiger partial charge on any atom is -0.492 e. The number of hydrogen-bond acceptors (Lipinski definition) is 4. The molecule has 2 amide bonds. The van der Waals surface area contributed by atoms with Gasteiger partial charge in [0.25, 0.3) is 0 Å². The normalized spacial score (nSPS) is 16.6. The van der Waals surface area contributed by atoms with E-state index in [0.29, 0.717) is 37.7 Å². The van der Waals surface area contributed by atoms with Gasteiger partial charge in [-0.2, -0.15) is 0 Å². The molecule has 0 radical (unpaired) electrons. The fourth-order valence-corrected chi connectivity index (χ4v) is 2.96. The number of rotatable bonds is 7. The Hall–Kier alpha value is -2.86. The standard InChI is InChI=1S/C20H23N3O3/c21-10-11-26-18-8-6-17(7-9-18)22-20(25)16-12-19(24)23(14-16)13-15-4-2-1-3-5-15/h1-9,16H,10-14,21H2,(H,22,25). The third-order valence-electron chi connectivity index (χ3n) is 4.31. The Balaban J connectivity index is 1.54. The summed E-state index contributed by atoms with van der Waals surface area (Å²) in [6.45, 7) is 1.88. The summed E-state index contributed by atoms with van der Waals surface area (Å²) in [5, 5.41) is 2.87. The van der Waals surface area contributed by atoms with Crippen molar-refractivity contribution in [2.45, 2.75) is 13.0 Å². The molecular weight excluding hydrogens is 330 g/mol. The molecule has 3 N–H and O–H groups in total. The lowest BCUT2D eigenvalue weighted by molar-refractivity contribution is -0.128. The lowest BCUT2D eigenvalue weighted by Crippen LogP contribution is -2.28. The van der Waals surface area contributed by atoms with Crippen LogP contribution < -0.4 is 15.8 Å². The molecule has 0 bridgehead atoms. The molecule has 0 aliphatic carbocycles. The molecule has 0 spiro atoms. The number of nitrogens with one attached hydrogen (secondary N) is 1. The maximum Gasteiger partial charge on any atom is 0.229 e. The average Bonchev–Trinajstić information content (AvgIpc) is 3.03. The highest BCUT2D eigenvalue weighted by molar-refractivity contribution is 5.97. The van der Waals surface area contributed by atoms with E-state index in [1.54, 1.807) is 29.2 Å². The molecule has 0 aromatic heterocycles. The van der Waals surface area contributed by atoms with Crippen molar-refractivity contribution >= 4 is 17.5 Å². The monoisotopic (exact) mass is 353 g/mol. The molecule has 1 atom stereocenters. The smallest absolute Gasteiger partial charge is 0.229 e. The molecule has 2 aromatic carbocycles. The maximum atomic E-state index is 12.5.